The molecule has 142 valence electrons. The number of nitrogens with two attached hydrogens (primary N) is 2. The normalized spacial score (nSPS) is 17.6. The minimum absolute atomic E-state index is 0.0306. The molecule has 0 fully saturated rings. The Balaban J connectivity index is 2.38. The second kappa shape index (κ2) is 8.65. The molecule has 27 heavy (non-hydrogen) atoms. The van der Waals surface area contributed by atoms with E-state index >= 15 is 0 Å². The first kappa shape index (κ1) is 19.7. The van der Waals surface area contributed by atoms with E-state index in [1.807, 2.05) is 0 Å². The number of Topliss-reactive ketones (excluding diaryl/α,β-unsaturated/α-hetero) is 1. The van der Waals surface area contributed by atoms with Gasteiger partial charge in [0.05, 0.1) is 37.0 Å². The number of hydrogen-bond acceptors (Lipinski definition) is 7. The molecule has 1 aliphatic heterocycles. The van der Waals surface area contributed by atoms with E-state index in [-0.39, 0.29) is 29.4 Å². The molecule has 0 saturated heterocycles. The van der Waals surface area contributed by atoms with Gasteiger partial charge in [0.15, 0.2) is 12.2 Å². The predicted molar refractivity (Wildman–Crippen MR) is 99.5 cm³/mol. The summed E-state index contributed by atoms with van der Waals surface area (Å²) in [6.07, 6.45) is 8.72. The van der Waals surface area contributed by atoms with E-state index in [9.17, 15) is 9.59 Å². The summed E-state index contributed by atoms with van der Waals surface area (Å²) in [4.78, 5) is 34.5. The first-order valence-electron chi connectivity index (χ1n) is 8.06. The fraction of sp³-hybridized carbons (Fsp3) is 0.222. The minimum atomic E-state index is -0.506. The Kier molecular flexibility index (Phi) is 6.32. The molecule has 2 rings (SSSR count). The van der Waals surface area contributed by atoms with Crippen LogP contribution in [0.4, 0.5) is 0 Å². The average Bonchev–Trinajstić information content (AvgIpc) is 3.30. The number of aliphatic hydroxyl groups excluding tert-OH is 1. The van der Waals surface area contributed by atoms with Gasteiger partial charge < -0.3 is 25.9 Å². The van der Waals surface area contributed by atoms with E-state index in [0.29, 0.717) is 11.3 Å². The Bertz CT molecular complexity index is 862. The van der Waals surface area contributed by atoms with Gasteiger partial charge in [-0.1, -0.05) is 0 Å². The highest BCUT2D eigenvalue weighted by atomic mass is 16.3. The first-order chi connectivity index (χ1) is 12.9. The molecule has 9 heteroatoms. The van der Waals surface area contributed by atoms with E-state index in [2.05, 4.69) is 9.98 Å². The van der Waals surface area contributed by atoms with Crippen LogP contribution in [-0.4, -0.2) is 45.6 Å². The second-order valence-electron chi connectivity index (χ2n) is 5.83. The van der Waals surface area contributed by atoms with Gasteiger partial charge in [0.1, 0.15) is 0 Å². The highest BCUT2D eigenvalue weighted by Gasteiger charge is 2.36. The summed E-state index contributed by atoms with van der Waals surface area (Å²) in [5, 5.41) is 9.02. The van der Waals surface area contributed by atoms with Gasteiger partial charge in [-0.15, -0.1) is 0 Å². The van der Waals surface area contributed by atoms with E-state index in [4.69, 9.17) is 21.0 Å². The molecular formula is C18H21N5O4. The largest absolute Gasteiger partial charge is 0.515 e. The number of hydrogen-bond donors (Lipinski definition) is 3. The van der Waals surface area contributed by atoms with Gasteiger partial charge in [-0.3, -0.25) is 9.59 Å². The van der Waals surface area contributed by atoms with Crippen LogP contribution < -0.4 is 11.5 Å². The Hall–Kier alpha value is -3.62. The minimum Gasteiger partial charge on any atom is -0.515 e. The molecule has 0 spiro atoms. The molecule has 9 nitrogen and oxygen atoms in total. The van der Waals surface area contributed by atoms with Crippen molar-refractivity contribution in [2.24, 2.45) is 16.5 Å². The van der Waals surface area contributed by atoms with Crippen molar-refractivity contribution in [1.29, 1.82) is 0 Å². The molecule has 1 unspecified atom stereocenters. The van der Waals surface area contributed by atoms with Gasteiger partial charge in [0.25, 0.3) is 5.91 Å². The van der Waals surface area contributed by atoms with Gasteiger partial charge >= 0.3 is 0 Å². The lowest BCUT2D eigenvalue weighted by atomic mass is 10.1. The number of aliphatic imine (C=N–C) groups is 1. The van der Waals surface area contributed by atoms with Crippen molar-refractivity contribution in [3.8, 4) is 0 Å². The van der Waals surface area contributed by atoms with E-state index in [0.717, 1.165) is 19.0 Å². The van der Waals surface area contributed by atoms with E-state index in [1.54, 1.807) is 19.9 Å². The topological polar surface area (TPSA) is 148 Å². The van der Waals surface area contributed by atoms with Crippen LogP contribution in [0.15, 0.2) is 69.0 Å². The molecule has 0 radical (unpaired) electrons. The second-order valence-corrected chi connectivity index (χ2v) is 5.83. The maximum Gasteiger partial charge on any atom is 0.255 e. The van der Waals surface area contributed by atoms with Crippen molar-refractivity contribution in [3.63, 3.8) is 0 Å². The molecular weight excluding hydrogens is 350 g/mol. The van der Waals surface area contributed by atoms with Crippen LogP contribution in [0.5, 0.6) is 0 Å². The molecule has 1 aliphatic rings. The van der Waals surface area contributed by atoms with Gasteiger partial charge in [-0.05, 0) is 31.6 Å². The summed E-state index contributed by atoms with van der Waals surface area (Å²) in [6.45, 7) is 3.44. The van der Waals surface area contributed by atoms with Crippen molar-refractivity contribution in [2.75, 3.05) is 6.54 Å². The zero-order valence-electron chi connectivity index (χ0n) is 15.0. The Labute approximate surface area is 156 Å². The summed E-state index contributed by atoms with van der Waals surface area (Å²) in [5.74, 6) is -0.792. The van der Waals surface area contributed by atoms with Gasteiger partial charge in [-0.25, -0.2) is 9.98 Å². The lowest BCUT2D eigenvalue weighted by molar-refractivity contribution is -0.126. The number of rotatable bonds is 7. The maximum absolute atomic E-state index is 12.9. The zero-order valence-corrected chi connectivity index (χ0v) is 15.0. The van der Waals surface area contributed by atoms with Crippen LogP contribution in [0.2, 0.25) is 0 Å². The molecule has 0 bridgehead atoms. The third-order valence-electron chi connectivity index (χ3n) is 4.04. The first-order valence-corrected chi connectivity index (χ1v) is 8.06. The quantitative estimate of drug-likeness (QED) is 0.214. The SMILES string of the molecule is CC(/C=C(\N)C(C)N1CC(C(=O)c2cnco2)=C(/C=C\N=C\N)C1=O)=C\O. The van der Waals surface area contributed by atoms with Gasteiger partial charge in [0.2, 0.25) is 5.78 Å². The standard InChI is InChI=1S/C18H21N5O4/c1-11(8-24)5-15(20)12(2)23-7-14(17(25)16-6-22-10-27-16)13(18(23)26)3-4-21-9-19/h3-6,8-10,12,24H,7,20H2,1-2H3,(H2,19,21)/b4-3-,11-8+,15-5-. The maximum atomic E-state index is 12.9. The van der Waals surface area contributed by atoms with Crippen molar-refractivity contribution in [1.82, 2.24) is 9.88 Å². The lowest BCUT2D eigenvalue weighted by Gasteiger charge is -2.25. The predicted octanol–water partition coefficient (Wildman–Crippen LogP) is 1.19. The van der Waals surface area contributed by atoms with Gasteiger partial charge in [-0.2, -0.15) is 0 Å². The third-order valence-corrected chi connectivity index (χ3v) is 4.04. The van der Waals surface area contributed by atoms with Gasteiger partial charge in [0, 0.05) is 17.5 Å². The van der Waals surface area contributed by atoms with Crippen LogP contribution in [0.25, 0.3) is 0 Å². The number of carbonyl (C=O) groups excluding carboxylic acids is 2. The summed E-state index contributed by atoms with van der Waals surface area (Å²) in [7, 11) is 0. The zero-order chi connectivity index (χ0) is 20.0. The summed E-state index contributed by atoms with van der Waals surface area (Å²) < 4.78 is 5.06. The molecule has 0 aliphatic carbocycles. The summed E-state index contributed by atoms with van der Waals surface area (Å²) in [5.41, 5.74) is 12.6. The van der Waals surface area contributed by atoms with E-state index in [1.165, 1.54) is 23.4 Å². The number of aromatic nitrogens is 1. The van der Waals surface area contributed by atoms with Crippen molar-refractivity contribution >= 4 is 18.0 Å². The molecule has 1 atom stereocenters. The number of aliphatic hydroxyl groups is 1. The monoisotopic (exact) mass is 371 g/mol. The van der Waals surface area contributed by atoms with Crippen molar-refractivity contribution < 1.29 is 19.1 Å². The Morgan fingerprint density at radius 3 is 2.85 bits per heavy atom. The number of carbonyl (C=O) groups is 2. The Morgan fingerprint density at radius 1 is 1.52 bits per heavy atom. The fourth-order valence-electron chi connectivity index (χ4n) is 2.53. The highest BCUT2D eigenvalue weighted by Crippen LogP contribution is 2.27. The molecule has 1 aromatic rings. The molecule has 5 N–H and O–H groups in total. The number of oxazole rings is 1. The van der Waals surface area contributed by atoms with Crippen molar-refractivity contribution in [3.05, 3.63) is 65.4 Å². The molecule has 2 heterocycles. The smallest absolute Gasteiger partial charge is 0.255 e. The lowest BCUT2D eigenvalue weighted by Crippen LogP contribution is -2.39. The summed E-state index contributed by atoms with van der Waals surface area (Å²) in [6, 6.07) is -0.506. The Morgan fingerprint density at radius 2 is 2.26 bits per heavy atom. The van der Waals surface area contributed by atoms with Crippen LogP contribution in [0, 0.1) is 0 Å². The molecule has 1 aromatic heterocycles. The molecule has 0 aromatic carbocycles. The van der Waals surface area contributed by atoms with E-state index < -0.39 is 11.8 Å². The third kappa shape index (κ3) is 4.32. The fourth-order valence-corrected chi connectivity index (χ4v) is 2.53. The number of allylic oxidation sites excluding steroid dienone is 2. The van der Waals surface area contributed by atoms with Crippen LogP contribution in [-0.2, 0) is 4.79 Å². The summed E-state index contributed by atoms with van der Waals surface area (Å²) >= 11 is 0. The highest BCUT2D eigenvalue weighted by molar-refractivity contribution is 6.16. The average molecular weight is 371 g/mol. The number of nitrogens with zero attached hydrogens (tertiary/aromatic N) is 3. The molecule has 0 saturated carbocycles. The number of ketones is 1. The van der Waals surface area contributed by atoms with Crippen LogP contribution >= 0.6 is 0 Å². The molecule has 1 amide bonds. The number of amides is 1. The van der Waals surface area contributed by atoms with Crippen LogP contribution in [0.3, 0.4) is 0 Å². The van der Waals surface area contributed by atoms with Crippen LogP contribution in [0.1, 0.15) is 24.4 Å². The van der Waals surface area contributed by atoms with Crippen molar-refractivity contribution in [2.45, 2.75) is 19.9 Å².